The van der Waals surface area contributed by atoms with Crippen molar-refractivity contribution in [1.29, 1.82) is 0 Å². The summed E-state index contributed by atoms with van der Waals surface area (Å²) in [6.07, 6.45) is 0. The van der Waals surface area contributed by atoms with Crippen LogP contribution in [0.5, 0.6) is 0 Å². The average Bonchev–Trinajstić information content (AvgIpc) is 2.37. The maximum atomic E-state index is 12.4. The number of carbonyl (C=O) groups excluding carboxylic acids is 2. The van der Waals surface area contributed by atoms with Crippen LogP contribution < -0.4 is 5.32 Å². The van der Waals surface area contributed by atoms with Gasteiger partial charge >= 0.3 is 0 Å². The van der Waals surface area contributed by atoms with Crippen LogP contribution in [0.2, 0.25) is 0 Å². The second-order valence-corrected chi connectivity index (χ2v) is 5.89. The quantitative estimate of drug-likeness (QED) is 0.818. The molecule has 3 nitrogen and oxygen atoms in total. The van der Waals surface area contributed by atoms with Gasteiger partial charge in [0.2, 0.25) is 5.91 Å². The summed E-state index contributed by atoms with van der Waals surface area (Å²) in [7, 11) is 0. The van der Waals surface area contributed by atoms with Crippen LogP contribution in [0.1, 0.15) is 51.7 Å². The third-order valence-electron chi connectivity index (χ3n) is 4.20. The standard InChI is InChI=1S/C17H24NO2.Y/c1-11(2)17(6,14(5)19)18-16(20)13(4)15-10-8-7-9-12(15)3;/h7-9,11,13H,1-6H3,(H,18,20);/q-1;. The van der Waals surface area contributed by atoms with Crippen molar-refractivity contribution in [2.24, 2.45) is 5.92 Å². The maximum Gasteiger partial charge on any atom is 0.225 e. The third kappa shape index (κ3) is 4.72. The summed E-state index contributed by atoms with van der Waals surface area (Å²) >= 11 is 0. The molecule has 0 aliphatic heterocycles. The van der Waals surface area contributed by atoms with Crippen LogP contribution in [0, 0.1) is 18.9 Å². The molecule has 0 aliphatic carbocycles. The molecule has 1 aromatic rings. The summed E-state index contributed by atoms with van der Waals surface area (Å²) in [5.74, 6) is -0.450. The molecule has 0 spiro atoms. The van der Waals surface area contributed by atoms with Gasteiger partial charge in [-0.05, 0) is 19.8 Å². The Morgan fingerprint density at radius 1 is 1.29 bits per heavy atom. The molecule has 2 unspecified atom stereocenters. The second kappa shape index (κ2) is 8.19. The smallest absolute Gasteiger partial charge is 0.225 e. The van der Waals surface area contributed by atoms with Gasteiger partial charge in [0.1, 0.15) is 0 Å². The molecule has 1 amide bonds. The minimum atomic E-state index is -0.825. The number of hydrogen-bond acceptors (Lipinski definition) is 2. The molecule has 2 atom stereocenters. The first kappa shape index (κ1) is 20.5. The topological polar surface area (TPSA) is 46.2 Å². The van der Waals surface area contributed by atoms with E-state index in [-0.39, 0.29) is 56.2 Å². The summed E-state index contributed by atoms with van der Waals surface area (Å²) < 4.78 is 0. The molecule has 1 N–H and O–H groups in total. The van der Waals surface area contributed by atoms with Crippen molar-refractivity contribution >= 4 is 11.7 Å². The number of hydrogen-bond donors (Lipinski definition) is 1. The van der Waals surface area contributed by atoms with E-state index in [1.807, 2.05) is 39.8 Å². The zero-order chi connectivity index (χ0) is 15.5. The number of carbonyl (C=O) groups is 2. The molecular formula is C17H24NO2Y-. The molecular weight excluding hydrogens is 339 g/mol. The van der Waals surface area contributed by atoms with E-state index in [0.29, 0.717) is 0 Å². The Bertz CT molecular complexity index is 513. The van der Waals surface area contributed by atoms with Gasteiger partial charge < -0.3 is 5.32 Å². The molecule has 0 bridgehead atoms. The molecule has 21 heavy (non-hydrogen) atoms. The SMILES string of the molecule is CC(=O)C(C)(NC(=O)C(C)c1[c-]cccc1C)C(C)C.[Y]. The van der Waals surface area contributed by atoms with Crippen molar-refractivity contribution < 1.29 is 42.3 Å². The summed E-state index contributed by atoms with van der Waals surface area (Å²) in [5.41, 5.74) is 1.08. The minimum absolute atomic E-state index is 0. The molecule has 1 rings (SSSR count). The molecule has 0 saturated heterocycles. The fourth-order valence-corrected chi connectivity index (χ4v) is 2.13. The number of nitrogens with one attached hydrogen (secondary N) is 1. The van der Waals surface area contributed by atoms with E-state index in [1.54, 1.807) is 13.0 Å². The van der Waals surface area contributed by atoms with E-state index in [0.717, 1.165) is 11.1 Å². The molecule has 4 heteroatoms. The van der Waals surface area contributed by atoms with Crippen LogP contribution in [0.3, 0.4) is 0 Å². The summed E-state index contributed by atoms with van der Waals surface area (Å²) in [5, 5.41) is 2.91. The Hall–Kier alpha value is -0.536. The zero-order valence-corrected chi connectivity index (χ0v) is 16.6. The van der Waals surface area contributed by atoms with Crippen LogP contribution in [0.4, 0.5) is 0 Å². The number of rotatable bonds is 5. The number of benzene rings is 1. The van der Waals surface area contributed by atoms with E-state index >= 15 is 0 Å². The van der Waals surface area contributed by atoms with Crippen molar-refractivity contribution in [3.8, 4) is 0 Å². The van der Waals surface area contributed by atoms with Crippen molar-refractivity contribution in [2.75, 3.05) is 0 Å². The molecule has 0 aliphatic rings. The van der Waals surface area contributed by atoms with E-state index in [4.69, 9.17) is 0 Å². The molecule has 0 fully saturated rings. The Morgan fingerprint density at radius 2 is 1.86 bits per heavy atom. The minimum Gasteiger partial charge on any atom is -0.343 e. The Balaban J connectivity index is 0.00000400. The number of ketones is 1. The zero-order valence-electron chi connectivity index (χ0n) is 13.8. The van der Waals surface area contributed by atoms with Gasteiger partial charge in [-0.15, -0.1) is 5.56 Å². The van der Waals surface area contributed by atoms with E-state index in [1.165, 1.54) is 6.92 Å². The van der Waals surface area contributed by atoms with Gasteiger partial charge in [-0.3, -0.25) is 9.59 Å². The number of amides is 1. The molecule has 113 valence electrons. The largest absolute Gasteiger partial charge is 0.343 e. The van der Waals surface area contributed by atoms with Crippen molar-refractivity contribution in [1.82, 2.24) is 5.32 Å². The molecule has 1 aromatic carbocycles. The number of Topliss-reactive ketones (excluding diaryl/α,β-unsaturated/α-hetero) is 1. The Labute approximate surface area is 153 Å². The normalized spacial score (nSPS) is 14.8. The van der Waals surface area contributed by atoms with Crippen LogP contribution in [-0.2, 0) is 42.3 Å². The first-order valence-corrected chi connectivity index (χ1v) is 7.00. The fraction of sp³-hybridized carbons (Fsp3) is 0.529. The van der Waals surface area contributed by atoms with Gasteiger partial charge in [0.05, 0.1) is 5.54 Å². The first-order valence-electron chi connectivity index (χ1n) is 7.00. The van der Waals surface area contributed by atoms with Crippen LogP contribution in [0.25, 0.3) is 0 Å². The van der Waals surface area contributed by atoms with Crippen LogP contribution in [0.15, 0.2) is 18.2 Å². The van der Waals surface area contributed by atoms with Crippen LogP contribution in [-0.4, -0.2) is 17.2 Å². The summed E-state index contributed by atoms with van der Waals surface area (Å²) in [6, 6.07) is 8.78. The van der Waals surface area contributed by atoms with Gasteiger partial charge in [-0.25, -0.2) is 0 Å². The third-order valence-corrected chi connectivity index (χ3v) is 4.20. The fourth-order valence-electron chi connectivity index (χ4n) is 2.13. The van der Waals surface area contributed by atoms with Gasteiger partial charge in [0.15, 0.2) is 5.78 Å². The van der Waals surface area contributed by atoms with Crippen molar-refractivity contribution in [3.63, 3.8) is 0 Å². The predicted octanol–water partition coefficient (Wildman–Crippen LogP) is 3.02. The van der Waals surface area contributed by atoms with E-state index in [2.05, 4.69) is 11.4 Å². The van der Waals surface area contributed by atoms with E-state index < -0.39 is 5.54 Å². The predicted molar refractivity (Wildman–Crippen MR) is 80.5 cm³/mol. The molecule has 0 saturated carbocycles. The molecule has 0 aromatic heterocycles. The Morgan fingerprint density at radius 3 is 2.29 bits per heavy atom. The van der Waals surface area contributed by atoms with Gasteiger partial charge in [-0.2, -0.15) is 29.8 Å². The Kier molecular flexibility index (Phi) is 7.98. The van der Waals surface area contributed by atoms with E-state index in [9.17, 15) is 9.59 Å². The second-order valence-electron chi connectivity index (χ2n) is 5.89. The molecule has 0 heterocycles. The van der Waals surface area contributed by atoms with Crippen molar-refractivity contribution in [3.05, 3.63) is 35.4 Å². The first-order chi connectivity index (χ1) is 9.20. The van der Waals surface area contributed by atoms with Crippen LogP contribution >= 0.6 is 0 Å². The summed E-state index contributed by atoms with van der Waals surface area (Å²) in [6.45, 7) is 11.0. The maximum absolute atomic E-state index is 12.4. The van der Waals surface area contributed by atoms with Gasteiger partial charge in [0, 0.05) is 38.6 Å². The monoisotopic (exact) mass is 363 g/mol. The van der Waals surface area contributed by atoms with Gasteiger partial charge in [-0.1, -0.05) is 27.7 Å². The van der Waals surface area contributed by atoms with Crippen molar-refractivity contribution in [2.45, 2.75) is 53.0 Å². The number of aryl methyl sites for hydroxylation is 1. The average molecular weight is 363 g/mol. The van der Waals surface area contributed by atoms with Gasteiger partial charge in [0.25, 0.3) is 0 Å². The molecule has 1 radical (unpaired) electrons. The summed E-state index contributed by atoms with van der Waals surface area (Å²) in [4.78, 5) is 24.3.